The van der Waals surface area contributed by atoms with Crippen LogP contribution >= 0.6 is 11.8 Å². The Hall–Kier alpha value is -1.63. The van der Waals surface area contributed by atoms with Gasteiger partial charge in [0.2, 0.25) is 0 Å². The van der Waals surface area contributed by atoms with Crippen LogP contribution in [0.2, 0.25) is 0 Å². The zero-order valence-electron chi connectivity index (χ0n) is 12.2. The maximum absolute atomic E-state index is 11.8. The molecular weight excluding hydrogens is 300 g/mol. The van der Waals surface area contributed by atoms with E-state index in [1.807, 2.05) is 30.3 Å². The molecule has 0 unspecified atom stereocenters. The number of rotatable bonds is 5. The second-order valence-electron chi connectivity index (χ2n) is 4.96. The van der Waals surface area contributed by atoms with Crippen LogP contribution in [0.3, 0.4) is 0 Å². The molecule has 1 aromatic carbocycles. The van der Waals surface area contributed by atoms with E-state index in [9.17, 15) is 4.79 Å². The van der Waals surface area contributed by atoms with E-state index >= 15 is 0 Å². The van der Waals surface area contributed by atoms with Crippen molar-refractivity contribution in [2.24, 2.45) is 0 Å². The molecule has 3 rings (SSSR count). The molecular formula is C16H18N2O3S. The molecule has 0 atom stereocenters. The highest BCUT2D eigenvalue weighted by molar-refractivity contribution is 7.99. The van der Waals surface area contributed by atoms with Crippen molar-refractivity contribution in [3.8, 4) is 11.3 Å². The fourth-order valence-corrected chi connectivity index (χ4v) is 3.05. The van der Waals surface area contributed by atoms with Gasteiger partial charge in [-0.1, -0.05) is 42.1 Å². The van der Waals surface area contributed by atoms with Crippen molar-refractivity contribution in [2.45, 2.75) is 24.3 Å². The van der Waals surface area contributed by atoms with Crippen molar-refractivity contribution in [3.05, 3.63) is 46.8 Å². The third-order valence-electron chi connectivity index (χ3n) is 3.28. The van der Waals surface area contributed by atoms with Gasteiger partial charge in [0, 0.05) is 23.8 Å². The average Bonchev–Trinajstić information content (AvgIpc) is 2.56. The summed E-state index contributed by atoms with van der Waals surface area (Å²) in [6.07, 6.45) is 1.60. The van der Waals surface area contributed by atoms with Gasteiger partial charge in [-0.2, -0.15) is 0 Å². The van der Waals surface area contributed by atoms with E-state index in [0.29, 0.717) is 10.9 Å². The van der Waals surface area contributed by atoms with Gasteiger partial charge in [-0.3, -0.25) is 4.79 Å². The SMILES string of the molecule is O=c1cc(-c2ccccc2)nc(SCCC2OCCCO2)[nH]1. The van der Waals surface area contributed by atoms with Crippen molar-refractivity contribution in [2.75, 3.05) is 19.0 Å². The normalized spacial score (nSPS) is 15.8. The van der Waals surface area contributed by atoms with E-state index in [-0.39, 0.29) is 11.8 Å². The van der Waals surface area contributed by atoms with Crippen LogP contribution in [0.5, 0.6) is 0 Å². The highest BCUT2D eigenvalue weighted by atomic mass is 32.2. The van der Waals surface area contributed by atoms with E-state index in [1.165, 1.54) is 17.8 Å². The van der Waals surface area contributed by atoms with E-state index in [0.717, 1.165) is 37.4 Å². The molecule has 0 spiro atoms. The van der Waals surface area contributed by atoms with E-state index in [4.69, 9.17) is 9.47 Å². The van der Waals surface area contributed by atoms with Crippen LogP contribution in [0.4, 0.5) is 0 Å². The second kappa shape index (κ2) is 7.58. The Bertz CT molecular complexity index is 654. The molecule has 0 amide bonds. The van der Waals surface area contributed by atoms with E-state index in [2.05, 4.69) is 9.97 Å². The van der Waals surface area contributed by atoms with Gasteiger partial charge in [-0.15, -0.1) is 0 Å². The lowest BCUT2D eigenvalue weighted by Gasteiger charge is -2.22. The highest BCUT2D eigenvalue weighted by Crippen LogP contribution is 2.20. The Balaban J connectivity index is 1.64. The number of aromatic amines is 1. The molecule has 2 aromatic rings. The molecule has 1 aliphatic heterocycles. The predicted octanol–water partition coefficient (Wildman–Crippen LogP) is 2.68. The molecule has 0 bridgehead atoms. The zero-order valence-corrected chi connectivity index (χ0v) is 13.0. The third kappa shape index (κ3) is 4.19. The number of nitrogens with zero attached hydrogens (tertiary/aromatic N) is 1. The summed E-state index contributed by atoms with van der Waals surface area (Å²) in [6, 6.07) is 11.2. The molecule has 1 aliphatic rings. The van der Waals surface area contributed by atoms with Gasteiger partial charge in [-0.25, -0.2) is 4.98 Å². The highest BCUT2D eigenvalue weighted by Gasteiger charge is 2.14. The van der Waals surface area contributed by atoms with E-state index in [1.54, 1.807) is 0 Å². The molecule has 1 saturated heterocycles. The zero-order chi connectivity index (χ0) is 15.2. The first kappa shape index (κ1) is 15.3. The van der Waals surface area contributed by atoms with Crippen LogP contribution in [0.1, 0.15) is 12.8 Å². The number of ether oxygens (including phenoxy) is 2. The first-order valence-corrected chi connectivity index (χ1v) is 8.32. The van der Waals surface area contributed by atoms with Crippen LogP contribution in [0.15, 0.2) is 46.3 Å². The standard InChI is InChI=1S/C16H18N2O3S/c19-14-11-13(12-5-2-1-3-6-12)17-16(18-14)22-10-7-15-20-8-4-9-21-15/h1-3,5-6,11,15H,4,7-10H2,(H,17,18,19). The van der Waals surface area contributed by atoms with Crippen LogP contribution in [-0.2, 0) is 9.47 Å². The Labute approximate surface area is 133 Å². The molecule has 0 aliphatic carbocycles. The predicted molar refractivity (Wildman–Crippen MR) is 85.9 cm³/mol. The molecule has 116 valence electrons. The molecule has 1 N–H and O–H groups in total. The van der Waals surface area contributed by atoms with Crippen molar-refractivity contribution in [3.63, 3.8) is 0 Å². The lowest BCUT2D eigenvalue weighted by atomic mass is 10.1. The Kier molecular flexibility index (Phi) is 5.26. The lowest BCUT2D eigenvalue weighted by molar-refractivity contribution is -0.178. The minimum atomic E-state index is -0.137. The molecule has 6 heteroatoms. The molecule has 5 nitrogen and oxygen atoms in total. The fraction of sp³-hybridized carbons (Fsp3) is 0.375. The average molecular weight is 318 g/mol. The third-order valence-corrected chi connectivity index (χ3v) is 4.18. The minimum Gasteiger partial charge on any atom is -0.353 e. The van der Waals surface area contributed by atoms with Gasteiger partial charge >= 0.3 is 0 Å². The van der Waals surface area contributed by atoms with Gasteiger partial charge < -0.3 is 14.5 Å². The first-order chi connectivity index (χ1) is 10.8. The molecule has 22 heavy (non-hydrogen) atoms. The maximum Gasteiger partial charge on any atom is 0.252 e. The lowest BCUT2D eigenvalue weighted by Crippen LogP contribution is -2.25. The van der Waals surface area contributed by atoms with Gasteiger partial charge in [-0.05, 0) is 6.42 Å². The van der Waals surface area contributed by atoms with Crippen molar-refractivity contribution in [1.82, 2.24) is 9.97 Å². The number of hydrogen-bond acceptors (Lipinski definition) is 5. The summed E-state index contributed by atoms with van der Waals surface area (Å²) < 4.78 is 11.0. The van der Waals surface area contributed by atoms with Crippen LogP contribution in [-0.4, -0.2) is 35.2 Å². The molecule has 2 heterocycles. The van der Waals surface area contributed by atoms with Gasteiger partial charge in [0.1, 0.15) is 0 Å². The number of hydrogen-bond donors (Lipinski definition) is 1. The molecule has 1 aromatic heterocycles. The first-order valence-electron chi connectivity index (χ1n) is 7.34. The topological polar surface area (TPSA) is 64.2 Å². The molecule has 0 saturated carbocycles. The quantitative estimate of drug-likeness (QED) is 0.678. The van der Waals surface area contributed by atoms with Gasteiger partial charge in [0.05, 0.1) is 18.9 Å². The second-order valence-corrected chi connectivity index (χ2v) is 6.05. The van der Waals surface area contributed by atoms with Crippen molar-refractivity contribution >= 4 is 11.8 Å². The van der Waals surface area contributed by atoms with Gasteiger partial charge in [0.15, 0.2) is 11.4 Å². The maximum atomic E-state index is 11.8. The monoisotopic (exact) mass is 318 g/mol. The minimum absolute atomic E-state index is 0.134. The number of benzene rings is 1. The number of aromatic nitrogens is 2. The van der Waals surface area contributed by atoms with E-state index < -0.39 is 0 Å². The van der Waals surface area contributed by atoms with Gasteiger partial charge in [0.25, 0.3) is 5.56 Å². The Morgan fingerprint density at radius 2 is 2.00 bits per heavy atom. The van der Waals surface area contributed by atoms with Crippen molar-refractivity contribution < 1.29 is 9.47 Å². The summed E-state index contributed by atoms with van der Waals surface area (Å²) >= 11 is 1.51. The smallest absolute Gasteiger partial charge is 0.252 e. The summed E-state index contributed by atoms with van der Waals surface area (Å²) in [5, 5.41) is 0.627. The van der Waals surface area contributed by atoms with Crippen molar-refractivity contribution in [1.29, 1.82) is 0 Å². The van der Waals surface area contributed by atoms with Crippen LogP contribution in [0.25, 0.3) is 11.3 Å². The number of nitrogens with one attached hydrogen (secondary N) is 1. The fourth-order valence-electron chi connectivity index (χ4n) is 2.22. The van der Waals surface area contributed by atoms with Crippen LogP contribution in [0, 0.1) is 0 Å². The summed E-state index contributed by atoms with van der Waals surface area (Å²) in [5.41, 5.74) is 1.49. The number of H-pyrrole nitrogens is 1. The largest absolute Gasteiger partial charge is 0.353 e. The number of thioether (sulfide) groups is 1. The summed E-state index contributed by atoms with van der Waals surface area (Å²) in [5.74, 6) is 0.784. The molecule has 1 fully saturated rings. The van der Waals surface area contributed by atoms with Crippen LogP contribution < -0.4 is 5.56 Å². The molecule has 0 radical (unpaired) electrons. The summed E-state index contributed by atoms with van der Waals surface area (Å²) in [7, 11) is 0. The Morgan fingerprint density at radius 3 is 2.77 bits per heavy atom. The summed E-state index contributed by atoms with van der Waals surface area (Å²) in [6.45, 7) is 1.52. The Morgan fingerprint density at radius 1 is 1.23 bits per heavy atom. The summed E-state index contributed by atoms with van der Waals surface area (Å²) in [4.78, 5) is 19.1.